The van der Waals surface area contributed by atoms with Gasteiger partial charge in [0.1, 0.15) is 5.03 Å². The number of nitrogens with zero attached hydrogens (tertiary/aromatic N) is 2. The highest BCUT2D eigenvalue weighted by Crippen LogP contribution is 2.25. The molecule has 1 aromatic heterocycles. The Kier molecular flexibility index (Phi) is 6.45. The first-order valence-corrected chi connectivity index (χ1v) is 8.83. The van der Waals surface area contributed by atoms with E-state index in [9.17, 15) is 4.79 Å². The summed E-state index contributed by atoms with van der Waals surface area (Å²) in [6.07, 6.45) is 3.60. The second-order valence-corrected chi connectivity index (χ2v) is 6.47. The van der Waals surface area contributed by atoms with Crippen molar-refractivity contribution in [1.82, 2.24) is 15.2 Å². The van der Waals surface area contributed by atoms with Crippen LogP contribution in [-0.2, 0) is 0 Å². The number of benzene rings is 1. The lowest BCUT2D eigenvalue weighted by Crippen LogP contribution is -2.35. The number of hydrogen-bond donors (Lipinski definition) is 1. The molecule has 2 aromatic rings. The van der Waals surface area contributed by atoms with Gasteiger partial charge in [0.05, 0.1) is 11.6 Å². The summed E-state index contributed by atoms with van der Waals surface area (Å²) in [4.78, 5) is 18.7. The molecule has 2 rings (SSSR count). The third-order valence-corrected chi connectivity index (χ3v) is 4.61. The van der Waals surface area contributed by atoms with E-state index < -0.39 is 0 Å². The number of amides is 1. The first-order valence-electron chi connectivity index (χ1n) is 7.22. The number of nitrogens with one attached hydrogen (secondary N) is 1. The molecule has 0 aliphatic rings. The molecule has 0 unspecified atom stereocenters. The molecule has 1 N–H and O–H groups in total. The molecule has 1 atom stereocenters. The minimum absolute atomic E-state index is 0.00190. The predicted molar refractivity (Wildman–Crippen MR) is 96.2 cm³/mol. The number of aromatic nitrogens is 1. The van der Waals surface area contributed by atoms with Gasteiger partial charge in [0.2, 0.25) is 0 Å². The van der Waals surface area contributed by atoms with E-state index in [0.717, 1.165) is 10.6 Å². The summed E-state index contributed by atoms with van der Waals surface area (Å²) in [7, 11) is 3.94. The maximum Gasteiger partial charge on any atom is 0.254 e. The number of halogens is 1. The van der Waals surface area contributed by atoms with E-state index in [1.807, 2.05) is 49.5 Å². The molecule has 4 nitrogen and oxygen atoms in total. The first-order chi connectivity index (χ1) is 11.0. The molecule has 0 saturated heterocycles. The van der Waals surface area contributed by atoms with Gasteiger partial charge in [-0.15, -0.1) is 11.8 Å². The zero-order valence-corrected chi connectivity index (χ0v) is 15.0. The number of rotatable bonds is 6. The molecule has 0 radical (unpaired) electrons. The van der Waals surface area contributed by atoms with E-state index in [1.54, 1.807) is 18.3 Å². The Bertz CT molecular complexity index is 678. The topological polar surface area (TPSA) is 45.2 Å². The van der Waals surface area contributed by atoms with Crippen LogP contribution < -0.4 is 5.32 Å². The Morgan fingerprint density at radius 3 is 2.70 bits per heavy atom. The van der Waals surface area contributed by atoms with Crippen LogP contribution in [0.3, 0.4) is 0 Å². The molecule has 0 bridgehead atoms. The van der Waals surface area contributed by atoms with Gasteiger partial charge in [0, 0.05) is 17.8 Å². The number of carbonyl (C=O) groups is 1. The SMILES string of the molecule is CSc1ncccc1C(=O)NC[C@H](c1ccccc1Cl)N(C)C. The van der Waals surface area contributed by atoms with Crippen molar-refractivity contribution in [1.29, 1.82) is 0 Å². The Balaban J connectivity index is 2.13. The molecule has 0 fully saturated rings. The highest BCUT2D eigenvalue weighted by Gasteiger charge is 2.19. The summed E-state index contributed by atoms with van der Waals surface area (Å²) in [5.41, 5.74) is 1.59. The minimum Gasteiger partial charge on any atom is -0.350 e. The van der Waals surface area contributed by atoms with Crippen molar-refractivity contribution in [3.63, 3.8) is 0 Å². The van der Waals surface area contributed by atoms with Crippen molar-refractivity contribution in [3.05, 3.63) is 58.7 Å². The molecule has 0 spiro atoms. The van der Waals surface area contributed by atoms with Gasteiger partial charge in [0.25, 0.3) is 5.91 Å². The zero-order chi connectivity index (χ0) is 16.8. The summed E-state index contributed by atoms with van der Waals surface area (Å²) >= 11 is 7.75. The van der Waals surface area contributed by atoms with E-state index >= 15 is 0 Å². The third-order valence-electron chi connectivity index (χ3n) is 3.55. The molecule has 1 heterocycles. The standard InChI is InChI=1S/C17H20ClN3OS/c1-21(2)15(12-7-4-5-9-14(12)18)11-20-16(22)13-8-6-10-19-17(13)23-3/h4-10,15H,11H2,1-3H3,(H,20,22)/t15-/m1/s1. The van der Waals surface area contributed by atoms with Crippen LogP contribution in [0.2, 0.25) is 5.02 Å². The third kappa shape index (κ3) is 4.47. The van der Waals surface area contributed by atoms with Crippen LogP contribution in [0, 0.1) is 0 Å². The first kappa shape index (κ1) is 17.8. The summed E-state index contributed by atoms with van der Waals surface area (Å²) in [5, 5.41) is 4.41. The summed E-state index contributed by atoms with van der Waals surface area (Å²) in [5.74, 6) is -0.124. The van der Waals surface area contributed by atoms with E-state index in [0.29, 0.717) is 17.1 Å². The van der Waals surface area contributed by atoms with Gasteiger partial charge in [-0.1, -0.05) is 29.8 Å². The molecule has 0 saturated carbocycles. The second-order valence-electron chi connectivity index (χ2n) is 5.27. The summed E-state index contributed by atoms with van der Waals surface area (Å²) in [6, 6.07) is 11.3. The van der Waals surface area contributed by atoms with Crippen molar-refractivity contribution < 1.29 is 4.79 Å². The number of hydrogen-bond acceptors (Lipinski definition) is 4. The van der Waals surface area contributed by atoms with E-state index in [2.05, 4.69) is 10.3 Å². The van der Waals surface area contributed by atoms with E-state index in [4.69, 9.17) is 11.6 Å². The normalized spacial score (nSPS) is 12.2. The number of thioether (sulfide) groups is 1. The van der Waals surface area contributed by atoms with Crippen LogP contribution in [0.25, 0.3) is 0 Å². The zero-order valence-electron chi connectivity index (χ0n) is 13.4. The number of likely N-dealkylation sites (N-methyl/N-ethyl adjacent to an activating group) is 1. The van der Waals surface area contributed by atoms with Crippen LogP contribution in [0.5, 0.6) is 0 Å². The Morgan fingerprint density at radius 2 is 2.04 bits per heavy atom. The van der Waals surface area contributed by atoms with Crippen LogP contribution in [0.1, 0.15) is 22.0 Å². The lowest BCUT2D eigenvalue weighted by atomic mass is 10.1. The highest BCUT2D eigenvalue weighted by atomic mass is 35.5. The van der Waals surface area contributed by atoms with Gasteiger partial charge in [-0.05, 0) is 44.1 Å². The van der Waals surface area contributed by atoms with Gasteiger partial charge in [-0.25, -0.2) is 4.98 Å². The lowest BCUT2D eigenvalue weighted by Gasteiger charge is -2.26. The smallest absolute Gasteiger partial charge is 0.254 e. The van der Waals surface area contributed by atoms with Crippen LogP contribution in [0.15, 0.2) is 47.6 Å². The lowest BCUT2D eigenvalue weighted by molar-refractivity contribution is 0.0938. The largest absolute Gasteiger partial charge is 0.350 e. The van der Waals surface area contributed by atoms with Crippen LogP contribution in [0.4, 0.5) is 0 Å². The van der Waals surface area contributed by atoms with E-state index in [-0.39, 0.29) is 11.9 Å². The van der Waals surface area contributed by atoms with Crippen molar-refractivity contribution in [2.45, 2.75) is 11.1 Å². The molecular formula is C17H20ClN3OS. The number of carbonyl (C=O) groups excluding carboxylic acids is 1. The maximum absolute atomic E-state index is 12.5. The Labute approximate surface area is 146 Å². The van der Waals surface area contributed by atoms with Crippen molar-refractivity contribution in [3.8, 4) is 0 Å². The molecule has 0 aliphatic carbocycles. The second kappa shape index (κ2) is 8.34. The highest BCUT2D eigenvalue weighted by molar-refractivity contribution is 7.98. The fourth-order valence-corrected chi connectivity index (χ4v) is 3.14. The average Bonchev–Trinajstić information content (AvgIpc) is 2.56. The van der Waals surface area contributed by atoms with Gasteiger partial charge in [-0.3, -0.25) is 4.79 Å². The van der Waals surface area contributed by atoms with Gasteiger partial charge in [0.15, 0.2) is 0 Å². The van der Waals surface area contributed by atoms with Crippen LogP contribution in [-0.4, -0.2) is 42.7 Å². The molecule has 122 valence electrons. The monoisotopic (exact) mass is 349 g/mol. The molecular weight excluding hydrogens is 330 g/mol. The van der Waals surface area contributed by atoms with Crippen LogP contribution >= 0.6 is 23.4 Å². The van der Waals surface area contributed by atoms with Gasteiger partial charge in [-0.2, -0.15) is 0 Å². The Hall–Kier alpha value is -1.56. The van der Waals surface area contributed by atoms with Crippen molar-refractivity contribution >= 4 is 29.3 Å². The van der Waals surface area contributed by atoms with Crippen molar-refractivity contribution in [2.75, 3.05) is 26.9 Å². The quantitative estimate of drug-likeness (QED) is 0.811. The fraction of sp³-hybridized carbons (Fsp3) is 0.294. The molecule has 23 heavy (non-hydrogen) atoms. The molecule has 1 amide bonds. The van der Waals surface area contributed by atoms with Gasteiger partial charge < -0.3 is 10.2 Å². The maximum atomic E-state index is 12.5. The van der Waals surface area contributed by atoms with Crippen molar-refractivity contribution in [2.24, 2.45) is 0 Å². The summed E-state index contributed by atoms with van der Waals surface area (Å²) in [6.45, 7) is 0.471. The number of pyridine rings is 1. The minimum atomic E-state index is -0.124. The van der Waals surface area contributed by atoms with E-state index in [1.165, 1.54) is 11.8 Å². The Morgan fingerprint density at radius 1 is 1.30 bits per heavy atom. The molecule has 6 heteroatoms. The molecule has 0 aliphatic heterocycles. The van der Waals surface area contributed by atoms with Gasteiger partial charge >= 0.3 is 0 Å². The average molecular weight is 350 g/mol. The predicted octanol–water partition coefficient (Wildman–Crippen LogP) is 3.49. The molecule has 1 aromatic carbocycles. The fourth-order valence-electron chi connectivity index (χ4n) is 2.33. The summed E-state index contributed by atoms with van der Waals surface area (Å²) < 4.78 is 0.